The monoisotopic (exact) mass is 274 g/mol. The molecule has 0 radical (unpaired) electrons. The predicted molar refractivity (Wildman–Crippen MR) is 81.7 cm³/mol. The highest BCUT2D eigenvalue weighted by molar-refractivity contribution is 5.70. The lowest BCUT2D eigenvalue weighted by Gasteiger charge is -2.32. The summed E-state index contributed by atoms with van der Waals surface area (Å²) in [7, 11) is 0. The molecule has 0 heterocycles. The minimum absolute atomic E-state index is 0.217. The van der Waals surface area contributed by atoms with Gasteiger partial charge in [0.25, 0.3) is 0 Å². The zero-order chi connectivity index (χ0) is 14.5. The summed E-state index contributed by atoms with van der Waals surface area (Å²) in [5.41, 5.74) is 2.37. The molecule has 2 nitrogen and oxygen atoms in total. The Morgan fingerprint density at radius 2 is 2.20 bits per heavy atom. The van der Waals surface area contributed by atoms with E-state index < -0.39 is 5.97 Å². The summed E-state index contributed by atoms with van der Waals surface area (Å²) in [5, 5.41) is 9.62. The number of carbonyl (C=O) groups is 1. The van der Waals surface area contributed by atoms with E-state index >= 15 is 0 Å². The third kappa shape index (κ3) is 3.84. The first-order chi connectivity index (χ1) is 9.60. The van der Waals surface area contributed by atoms with Gasteiger partial charge in [0.2, 0.25) is 0 Å². The fourth-order valence-electron chi connectivity index (χ4n) is 3.62. The minimum Gasteiger partial charge on any atom is -0.481 e. The van der Waals surface area contributed by atoms with Gasteiger partial charge in [0.15, 0.2) is 0 Å². The van der Waals surface area contributed by atoms with Crippen molar-refractivity contribution in [3.8, 4) is 0 Å². The van der Waals surface area contributed by atoms with Gasteiger partial charge in [-0.15, -0.1) is 0 Å². The third-order valence-corrected chi connectivity index (χ3v) is 4.83. The molecular weight excluding hydrogens is 248 g/mol. The number of carboxylic acids is 1. The van der Waals surface area contributed by atoms with Gasteiger partial charge in [0.05, 0.1) is 5.92 Å². The molecule has 0 bridgehead atoms. The quantitative estimate of drug-likeness (QED) is 0.861. The van der Waals surface area contributed by atoms with Crippen molar-refractivity contribution in [1.82, 2.24) is 0 Å². The van der Waals surface area contributed by atoms with E-state index in [0.717, 1.165) is 24.3 Å². The van der Waals surface area contributed by atoms with Crippen LogP contribution in [0.1, 0.15) is 50.2 Å². The Labute approximate surface area is 122 Å². The molecule has 1 aromatic carbocycles. The van der Waals surface area contributed by atoms with Crippen LogP contribution in [0.3, 0.4) is 0 Å². The Bertz CT molecular complexity index is 452. The molecule has 2 rings (SSSR count). The molecule has 1 aliphatic carbocycles. The van der Waals surface area contributed by atoms with Crippen LogP contribution >= 0.6 is 0 Å². The van der Waals surface area contributed by atoms with Crippen molar-refractivity contribution in [2.75, 3.05) is 0 Å². The van der Waals surface area contributed by atoms with Crippen LogP contribution in [0.4, 0.5) is 0 Å². The van der Waals surface area contributed by atoms with Gasteiger partial charge in [0.1, 0.15) is 0 Å². The van der Waals surface area contributed by atoms with Crippen molar-refractivity contribution < 1.29 is 9.90 Å². The molecular formula is C18H26O2. The van der Waals surface area contributed by atoms with Crippen molar-refractivity contribution in [3.63, 3.8) is 0 Å². The van der Waals surface area contributed by atoms with E-state index in [2.05, 4.69) is 32.0 Å². The molecule has 0 aliphatic heterocycles. The van der Waals surface area contributed by atoms with Crippen LogP contribution in [-0.4, -0.2) is 11.1 Å². The standard InChI is InChI=1S/C18H26O2/c1-3-14-7-5-9-16(11-14)17(18(19)20)12-15-8-4-6-13(2)10-15/h4,6,8,10,14,16-17H,3,5,7,9,11-12H2,1-2H3,(H,19,20). The molecule has 1 aromatic rings. The molecule has 2 heteroatoms. The molecule has 0 spiro atoms. The average molecular weight is 274 g/mol. The van der Waals surface area contributed by atoms with Gasteiger partial charge in [-0.25, -0.2) is 0 Å². The molecule has 1 saturated carbocycles. The number of carboxylic acid groups (broad SMARTS) is 1. The van der Waals surface area contributed by atoms with Gasteiger partial charge in [0, 0.05) is 0 Å². The Balaban J connectivity index is 2.09. The van der Waals surface area contributed by atoms with Gasteiger partial charge >= 0.3 is 5.97 Å². The Morgan fingerprint density at radius 3 is 2.85 bits per heavy atom. The fraction of sp³-hybridized carbons (Fsp3) is 0.611. The molecule has 0 saturated heterocycles. The normalized spacial score (nSPS) is 24.3. The summed E-state index contributed by atoms with van der Waals surface area (Å²) >= 11 is 0. The highest BCUT2D eigenvalue weighted by Gasteiger charge is 2.32. The zero-order valence-electron chi connectivity index (χ0n) is 12.6. The first kappa shape index (κ1) is 15.1. The Morgan fingerprint density at radius 1 is 1.40 bits per heavy atom. The first-order valence-corrected chi connectivity index (χ1v) is 7.88. The topological polar surface area (TPSA) is 37.3 Å². The lowest BCUT2D eigenvalue weighted by Crippen LogP contribution is -2.30. The van der Waals surface area contributed by atoms with Crippen molar-refractivity contribution in [2.45, 2.75) is 52.4 Å². The number of benzene rings is 1. The number of hydrogen-bond acceptors (Lipinski definition) is 1. The maximum Gasteiger partial charge on any atom is 0.307 e. The van der Waals surface area contributed by atoms with Gasteiger partial charge < -0.3 is 5.11 Å². The Kier molecular flexibility index (Phi) is 5.22. The number of aryl methyl sites for hydroxylation is 1. The number of rotatable bonds is 5. The predicted octanol–water partition coefficient (Wildman–Crippen LogP) is 4.45. The van der Waals surface area contributed by atoms with E-state index in [9.17, 15) is 9.90 Å². The molecule has 110 valence electrons. The van der Waals surface area contributed by atoms with Gasteiger partial charge in [-0.3, -0.25) is 4.79 Å². The lowest BCUT2D eigenvalue weighted by molar-refractivity contribution is -0.144. The van der Waals surface area contributed by atoms with Crippen molar-refractivity contribution in [3.05, 3.63) is 35.4 Å². The van der Waals surface area contributed by atoms with Gasteiger partial charge in [-0.1, -0.05) is 56.0 Å². The molecule has 0 aromatic heterocycles. The van der Waals surface area contributed by atoms with E-state index in [0.29, 0.717) is 12.3 Å². The zero-order valence-corrected chi connectivity index (χ0v) is 12.6. The van der Waals surface area contributed by atoms with Gasteiger partial charge in [-0.05, 0) is 43.6 Å². The second-order valence-corrected chi connectivity index (χ2v) is 6.34. The molecule has 0 amide bonds. The van der Waals surface area contributed by atoms with Crippen LogP contribution < -0.4 is 0 Å². The first-order valence-electron chi connectivity index (χ1n) is 7.88. The molecule has 1 aliphatic rings. The molecule has 3 unspecified atom stereocenters. The average Bonchev–Trinajstić information content (AvgIpc) is 2.44. The maximum atomic E-state index is 11.7. The third-order valence-electron chi connectivity index (χ3n) is 4.83. The number of hydrogen-bond donors (Lipinski definition) is 1. The maximum absolute atomic E-state index is 11.7. The summed E-state index contributed by atoms with van der Waals surface area (Å²) in [5.74, 6) is 0.249. The van der Waals surface area contributed by atoms with E-state index in [-0.39, 0.29) is 5.92 Å². The van der Waals surface area contributed by atoms with Crippen molar-refractivity contribution in [1.29, 1.82) is 0 Å². The van der Waals surface area contributed by atoms with Crippen LogP contribution in [0.25, 0.3) is 0 Å². The van der Waals surface area contributed by atoms with E-state index in [4.69, 9.17) is 0 Å². The summed E-state index contributed by atoms with van der Waals surface area (Å²) in [4.78, 5) is 11.7. The van der Waals surface area contributed by atoms with Crippen LogP contribution in [0.15, 0.2) is 24.3 Å². The van der Waals surface area contributed by atoms with Crippen LogP contribution in [0, 0.1) is 24.7 Å². The van der Waals surface area contributed by atoms with Crippen molar-refractivity contribution in [2.24, 2.45) is 17.8 Å². The highest BCUT2D eigenvalue weighted by atomic mass is 16.4. The summed E-state index contributed by atoms with van der Waals surface area (Å²) in [6.07, 6.45) is 6.52. The Hall–Kier alpha value is -1.31. The molecule has 3 atom stereocenters. The van der Waals surface area contributed by atoms with E-state index in [1.54, 1.807) is 0 Å². The van der Waals surface area contributed by atoms with E-state index in [1.165, 1.54) is 24.8 Å². The smallest absolute Gasteiger partial charge is 0.307 e. The molecule has 1 fully saturated rings. The van der Waals surface area contributed by atoms with Crippen molar-refractivity contribution >= 4 is 5.97 Å². The molecule has 1 N–H and O–H groups in total. The van der Waals surface area contributed by atoms with Gasteiger partial charge in [-0.2, -0.15) is 0 Å². The van der Waals surface area contributed by atoms with Crippen LogP contribution in [-0.2, 0) is 11.2 Å². The van der Waals surface area contributed by atoms with Crippen LogP contribution in [0.5, 0.6) is 0 Å². The fourth-order valence-corrected chi connectivity index (χ4v) is 3.62. The second kappa shape index (κ2) is 6.92. The summed E-state index contributed by atoms with van der Waals surface area (Å²) < 4.78 is 0. The highest BCUT2D eigenvalue weighted by Crippen LogP contribution is 2.36. The second-order valence-electron chi connectivity index (χ2n) is 6.34. The SMILES string of the molecule is CCC1CCCC(C(Cc2cccc(C)c2)C(=O)O)C1. The molecule has 20 heavy (non-hydrogen) atoms. The number of aliphatic carboxylic acids is 1. The van der Waals surface area contributed by atoms with Crippen LogP contribution in [0.2, 0.25) is 0 Å². The lowest BCUT2D eigenvalue weighted by atomic mass is 9.72. The summed E-state index contributed by atoms with van der Waals surface area (Å²) in [6, 6.07) is 8.27. The minimum atomic E-state index is -0.617. The summed E-state index contributed by atoms with van der Waals surface area (Å²) in [6.45, 7) is 4.29. The largest absolute Gasteiger partial charge is 0.481 e. The van der Waals surface area contributed by atoms with E-state index in [1.807, 2.05) is 6.07 Å².